The number of aromatic nitrogens is 4. The van der Waals surface area contributed by atoms with Gasteiger partial charge in [-0.1, -0.05) is 0 Å². The molecule has 0 aliphatic carbocycles. The summed E-state index contributed by atoms with van der Waals surface area (Å²) in [4.78, 5) is 22.7. The molecule has 0 saturated heterocycles. The van der Waals surface area contributed by atoms with Crippen molar-refractivity contribution in [1.82, 2.24) is 19.6 Å². The Balaban J connectivity index is 0.000000240. The van der Waals surface area contributed by atoms with E-state index in [1.54, 1.807) is 0 Å². The third-order valence-corrected chi connectivity index (χ3v) is 1.84. The van der Waals surface area contributed by atoms with E-state index in [0.717, 1.165) is 10.6 Å². The van der Waals surface area contributed by atoms with Gasteiger partial charge in [0.15, 0.2) is 5.65 Å². The molecule has 2 N–H and O–H groups in total. The molecule has 21 heavy (non-hydrogen) atoms. The molecule has 2 aromatic rings. The highest BCUT2D eigenvalue weighted by atomic mass is 19.4. The number of alkyl halides is 3. The second kappa shape index (κ2) is 6.45. The van der Waals surface area contributed by atoms with Crippen LogP contribution in [0.1, 0.15) is 5.82 Å². The summed E-state index contributed by atoms with van der Waals surface area (Å²) < 4.78 is 37.5. The summed E-state index contributed by atoms with van der Waals surface area (Å²) in [6.45, 7) is 0. The number of halogens is 3. The number of hydrogen-bond donors (Lipinski definition) is 2. The van der Waals surface area contributed by atoms with E-state index in [0.29, 0.717) is 12.2 Å². The summed E-state index contributed by atoms with van der Waals surface area (Å²) >= 11 is 0. The van der Waals surface area contributed by atoms with Crippen molar-refractivity contribution in [3.8, 4) is 0 Å². The van der Waals surface area contributed by atoms with Crippen LogP contribution in [0.2, 0.25) is 0 Å². The lowest BCUT2D eigenvalue weighted by Crippen LogP contribution is -2.10. The van der Waals surface area contributed by atoms with Crippen LogP contribution in [0.4, 0.5) is 13.2 Å². The fourth-order valence-corrected chi connectivity index (χ4v) is 1.09. The summed E-state index contributed by atoms with van der Waals surface area (Å²) in [5, 5.41) is 22.0. The molecule has 0 amide bonds. The van der Waals surface area contributed by atoms with Gasteiger partial charge in [-0.15, -0.1) is 10.2 Å². The van der Waals surface area contributed by atoms with Gasteiger partial charge in [-0.2, -0.15) is 13.2 Å². The smallest absolute Gasteiger partial charge is 0.452 e. The van der Waals surface area contributed by atoms with Gasteiger partial charge in [-0.25, -0.2) is 9.59 Å². The van der Waals surface area contributed by atoms with Gasteiger partial charge < -0.3 is 10.2 Å². The largest absolute Gasteiger partial charge is 0.478 e. The van der Waals surface area contributed by atoms with Crippen molar-refractivity contribution >= 4 is 17.6 Å². The lowest BCUT2D eigenvalue weighted by atomic mass is 10.5. The second-order valence-corrected chi connectivity index (χ2v) is 3.34. The van der Waals surface area contributed by atoms with Crippen molar-refractivity contribution in [2.75, 3.05) is 0 Å². The fraction of sp³-hybridized carbons (Fsp3) is 0.100. The van der Waals surface area contributed by atoms with Crippen LogP contribution in [0.15, 0.2) is 30.7 Å². The number of fused-ring (bicyclic) bond motifs is 1. The van der Waals surface area contributed by atoms with Crippen molar-refractivity contribution in [2.45, 2.75) is 6.18 Å². The minimum atomic E-state index is -4.49. The molecule has 0 aromatic carbocycles. The Morgan fingerprint density at radius 2 is 1.71 bits per heavy atom. The summed E-state index contributed by atoms with van der Waals surface area (Å²) in [6.07, 6.45) is 0.247. The van der Waals surface area contributed by atoms with E-state index >= 15 is 0 Å². The molecule has 2 aromatic heterocycles. The molecule has 0 bridgehead atoms. The third kappa shape index (κ3) is 4.89. The standard InChI is InChI=1S/C6H3F3N4.C4H4O4/c7-6(8,9)5-12-11-4-3-10-1-2-13(4)5;5-3(6)1-2-4(7)8/h1-3H;1-2H,(H,5,6)(H,7,8)/b;2-1+. The highest BCUT2D eigenvalue weighted by molar-refractivity contribution is 5.89. The Kier molecular flexibility index (Phi) is 4.94. The van der Waals surface area contributed by atoms with Gasteiger partial charge in [0.1, 0.15) is 0 Å². The van der Waals surface area contributed by atoms with Crippen LogP contribution in [0, 0.1) is 0 Å². The predicted octanol–water partition coefficient (Wildman–Crippen LogP) is 0.855. The van der Waals surface area contributed by atoms with Gasteiger partial charge in [0, 0.05) is 24.5 Å². The number of aliphatic carboxylic acids is 2. The first kappa shape index (κ1) is 16.1. The average Bonchev–Trinajstić information content (AvgIpc) is 2.80. The SMILES string of the molecule is FC(F)(F)c1nnc2cnccn12.O=C(O)/C=C/C(=O)O. The average molecular weight is 304 g/mol. The lowest BCUT2D eigenvalue weighted by Gasteiger charge is -2.02. The molecule has 2 rings (SSSR count). The molecule has 8 nitrogen and oxygen atoms in total. The summed E-state index contributed by atoms with van der Waals surface area (Å²) in [6, 6.07) is 0. The molecule has 2 heterocycles. The van der Waals surface area contributed by atoms with Gasteiger partial charge >= 0.3 is 18.1 Å². The van der Waals surface area contributed by atoms with Crippen LogP contribution < -0.4 is 0 Å². The first-order valence-electron chi connectivity index (χ1n) is 5.07. The number of carbonyl (C=O) groups is 2. The van der Waals surface area contributed by atoms with Crippen molar-refractivity contribution in [3.63, 3.8) is 0 Å². The van der Waals surface area contributed by atoms with E-state index in [1.165, 1.54) is 12.4 Å². The second-order valence-electron chi connectivity index (χ2n) is 3.34. The molecule has 0 fully saturated rings. The minimum Gasteiger partial charge on any atom is -0.478 e. The van der Waals surface area contributed by atoms with Gasteiger partial charge in [0.2, 0.25) is 5.82 Å². The molecule has 0 radical (unpaired) electrons. The van der Waals surface area contributed by atoms with Crippen LogP contribution in [0.3, 0.4) is 0 Å². The van der Waals surface area contributed by atoms with Crippen LogP contribution >= 0.6 is 0 Å². The number of hydrogen-bond acceptors (Lipinski definition) is 5. The highest BCUT2D eigenvalue weighted by Crippen LogP contribution is 2.27. The van der Waals surface area contributed by atoms with E-state index in [2.05, 4.69) is 15.2 Å². The van der Waals surface area contributed by atoms with Crippen molar-refractivity contribution < 1.29 is 33.0 Å². The van der Waals surface area contributed by atoms with Crippen LogP contribution in [0.5, 0.6) is 0 Å². The molecule has 0 unspecified atom stereocenters. The monoisotopic (exact) mass is 304 g/mol. The lowest BCUT2D eigenvalue weighted by molar-refractivity contribution is -0.145. The van der Waals surface area contributed by atoms with E-state index < -0.39 is 23.9 Å². The fourth-order valence-electron chi connectivity index (χ4n) is 1.09. The number of rotatable bonds is 2. The molecular weight excluding hydrogens is 297 g/mol. The maximum Gasteiger partial charge on any atom is 0.452 e. The predicted molar refractivity (Wildman–Crippen MR) is 60.2 cm³/mol. The first-order chi connectivity index (χ1) is 9.71. The van der Waals surface area contributed by atoms with Crippen LogP contribution in [-0.2, 0) is 15.8 Å². The molecule has 11 heteroatoms. The van der Waals surface area contributed by atoms with E-state index in [9.17, 15) is 22.8 Å². The van der Waals surface area contributed by atoms with Gasteiger partial charge in [-0.05, 0) is 0 Å². The Morgan fingerprint density at radius 1 is 1.14 bits per heavy atom. The van der Waals surface area contributed by atoms with Crippen LogP contribution in [0.25, 0.3) is 5.65 Å². The zero-order chi connectivity index (χ0) is 16.0. The molecule has 0 saturated carbocycles. The Labute approximate surface area is 114 Å². The first-order valence-corrected chi connectivity index (χ1v) is 5.07. The minimum absolute atomic E-state index is 0.0785. The summed E-state index contributed by atoms with van der Waals surface area (Å²) in [5.41, 5.74) is 0.0785. The van der Waals surface area contributed by atoms with Gasteiger partial charge in [-0.3, -0.25) is 9.38 Å². The number of carboxylic acid groups (broad SMARTS) is 2. The van der Waals surface area contributed by atoms with E-state index in [-0.39, 0.29) is 5.65 Å². The maximum absolute atomic E-state index is 12.2. The Morgan fingerprint density at radius 3 is 2.19 bits per heavy atom. The molecule has 0 aliphatic heterocycles. The summed E-state index contributed by atoms with van der Waals surface area (Å²) in [7, 11) is 0. The zero-order valence-electron chi connectivity index (χ0n) is 10.0. The van der Waals surface area contributed by atoms with Crippen molar-refractivity contribution in [3.05, 3.63) is 36.6 Å². The third-order valence-electron chi connectivity index (χ3n) is 1.84. The Bertz CT molecular complexity index is 664. The molecule has 0 spiro atoms. The van der Waals surface area contributed by atoms with E-state index in [4.69, 9.17) is 10.2 Å². The summed E-state index contributed by atoms with van der Waals surface area (Å²) in [5.74, 6) is -3.55. The molecule has 0 atom stereocenters. The Hall–Kier alpha value is -2.98. The van der Waals surface area contributed by atoms with Gasteiger partial charge in [0.25, 0.3) is 0 Å². The normalized spacial score (nSPS) is 11.2. The maximum atomic E-state index is 12.2. The number of nitrogens with zero attached hydrogens (tertiary/aromatic N) is 4. The quantitative estimate of drug-likeness (QED) is 0.790. The molecular formula is C10H7F3N4O4. The molecule has 112 valence electrons. The topological polar surface area (TPSA) is 118 Å². The highest BCUT2D eigenvalue weighted by Gasteiger charge is 2.36. The number of carboxylic acids is 2. The van der Waals surface area contributed by atoms with E-state index in [1.807, 2.05) is 0 Å². The van der Waals surface area contributed by atoms with Crippen LogP contribution in [-0.4, -0.2) is 41.7 Å². The van der Waals surface area contributed by atoms with Crippen molar-refractivity contribution in [1.29, 1.82) is 0 Å². The zero-order valence-corrected chi connectivity index (χ0v) is 10.0. The van der Waals surface area contributed by atoms with Crippen molar-refractivity contribution in [2.24, 2.45) is 0 Å². The molecule has 0 aliphatic rings. The van der Waals surface area contributed by atoms with Gasteiger partial charge in [0.05, 0.1) is 6.20 Å².